The first-order chi connectivity index (χ1) is 9.62. The Morgan fingerprint density at radius 3 is 2.80 bits per heavy atom. The monoisotopic (exact) mass is 275 g/mol. The van der Waals surface area contributed by atoms with E-state index in [0.29, 0.717) is 23.8 Å². The molecule has 0 spiro atoms. The maximum Gasteiger partial charge on any atom is 0.227 e. The molecule has 1 aromatic heterocycles. The molecule has 4 nitrogen and oxygen atoms in total. The van der Waals surface area contributed by atoms with Crippen molar-refractivity contribution in [3.63, 3.8) is 0 Å². The molecule has 0 amide bonds. The van der Waals surface area contributed by atoms with E-state index in [4.69, 9.17) is 10.3 Å². The van der Waals surface area contributed by atoms with Gasteiger partial charge in [-0.15, -0.1) is 0 Å². The summed E-state index contributed by atoms with van der Waals surface area (Å²) in [5, 5.41) is 3.98. The van der Waals surface area contributed by atoms with Crippen molar-refractivity contribution in [2.45, 2.75) is 32.6 Å². The van der Waals surface area contributed by atoms with Gasteiger partial charge >= 0.3 is 0 Å². The third-order valence-corrected chi connectivity index (χ3v) is 4.26. The van der Waals surface area contributed by atoms with E-state index < -0.39 is 0 Å². The minimum Gasteiger partial charge on any atom is -0.339 e. The summed E-state index contributed by atoms with van der Waals surface area (Å²) in [6, 6.07) is 4.82. The van der Waals surface area contributed by atoms with E-state index in [1.54, 1.807) is 19.1 Å². The first-order valence-corrected chi connectivity index (χ1v) is 6.91. The number of hydrogen-bond donors (Lipinski definition) is 1. The second-order valence-electron chi connectivity index (χ2n) is 5.71. The molecule has 1 heterocycles. The Hall–Kier alpha value is -1.75. The van der Waals surface area contributed by atoms with Crippen LogP contribution in [0.4, 0.5) is 4.39 Å². The number of benzene rings is 1. The molecular formula is C15H18FN3O. The Balaban J connectivity index is 1.81. The lowest BCUT2D eigenvalue weighted by atomic mass is 9.67. The van der Waals surface area contributed by atoms with E-state index in [0.717, 1.165) is 24.8 Å². The lowest BCUT2D eigenvalue weighted by Crippen LogP contribution is -2.39. The van der Waals surface area contributed by atoms with Gasteiger partial charge in [0.2, 0.25) is 11.7 Å². The number of hydrogen-bond acceptors (Lipinski definition) is 4. The molecule has 0 radical (unpaired) electrons. The highest BCUT2D eigenvalue weighted by molar-refractivity contribution is 5.55. The minimum atomic E-state index is -0.228. The van der Waals surface area contributed by atoms with Crippen molar-refractivity contribution in [3.8, 4) is 11.4 Å². The summed E-state index contributed by atoms with van der Waals surface area (Å²) in [5.41, 5.74) is 7.33. The van der Waals surface area contributed by atoms with Gasteiger partial charge in [0.1, 0.15) is 5.82 Å². The van der Waals surface area contributed by atoms with Crippen LogP contribution in [0.15, 0.2) is 22.7 Å². The molecule has 0 atom stereocenters. The molecule has 1 saturated carbocycles. The van der Waals surface area contributed by atoms with E-state index in [1.165, 1.54) is 12.5 Å². The van der Waals surface area contributed by atoms with E-state index in [-0.39, 0.29) is 11.2 Å². The zero-order valence-electron chi connectivity index (χ0n) is 11.5. The van der Waals surface area contributed by atoms with Gasteiger partial charge in [-0.2, -0.15) is 4.98 Å². The molecule has 0 bridgehead atoms. The Bertz CT molecular complexity index is 614. The lowest BCUT2D eigenvalue weighted by Gasteiger charge is -2.39. The van der Waals surface area contributed by atoms with Crippen molar-refractivity contribution < 1.29 is 8.91 Å². The Morgan fingerprint density at radius 2 is 2.20 bits per heavy atom. The normalized spacial score (nSPS) is 16.9. The molecule has 1 aliphatic carbocycles. The summed E-state index contributed by atoms with van der Waals surface area (Å²) in [6.07, 6.45) is 4.19. The van der Waals surface area contributed by atoms with Crippen LogP contribution >= 0.6 is 0 Å². The van der Waals surface area contributed by atoms with Crippen LogP contribution < -0.4 is 5.73 Å². The predicted octanol–water partition coefficient (Wildman–Crippen LogP) is 2.86. The van der Waals surface area contributed by atoms with Crippen LogP contribution in [0.2, 0.25) is 0 Å². The number of aryl methyl sites for hydroxylation is 1. The zero-order valence-corrected chi connectivity index (χ0v) is 11.5. The fourth-order valence-electron chi connectivity index (χ4n) is 2.68. The Morgan fingerprint density at radius 1 is 1.40 bits per heavy atom. The fraction of sp³-hybridized carbons (Fsp3) is 0.467. The van der Waals surface area contributed by atoms with Crippen molar-refractivity contribution >= 4 is 0 Å². The van der Waals surface area contributed by atoms with Crippen molar-refractivity contribution in [1.82, 2.24) is 10.1 Å². The van der Waals surface area contributed by atoms with Gasteiger partial charge in [-0.05, 0) is 55.5 Å². The maximum atomic E-state index is 13.3. The maximum absolute atomic E-state index is 13.3. The van der Waals surface area contributed by atoms with Gasteiger partial charge in [-0.1, -0.05) is 11.6 Å². The number of nitrogens with two attached hydrogens (primary N) is 1. The van der Waals surface area contributed by atoms with Crippen LogP contribution in [-0.2, 0) is 6.42 Å². The molecule has 0 aliphatic heterocycles. The average molecular weight is 275 g/mol. The minimum absolute atomic E-state index is 0.141. The predicted molar refractivity (Wildman–Crippen MR) is 73.5 cm³/mol. The van der Waals surface area contributed by atoms with Crippen LogP contribution in [-0.4, -0.2) is 16.7 Å². The molecular weight excluding hydrogens is 257 g/mol. The second-order valence-corrected chi connectivity index (χ2v) is 5.71. The first-order valence-electron chi connectivity index (χ1n) is 6.91. The van der Waals surface area contributed by atoms with E-state index >= 15 is 0 Å². The van der Waals surface area contributed by atoms with E-state index in [9.17, 15) is 4.39 Å². The third kappa shape index (κ3) is 2.33. The zero-order chi connectivity index (χ0) is 14.2. The first kappa shape index (κ1) is 13.2. The molecule has 0 unspecified atom stereocenters. The number of aromatic nitrogens is 2. The molecule has 20 heavy (non-hydrogen) atoms. The Kier molecular flexibility index (Phi) is 3.30. The van der Waals surface area contributed by atoms with Crippen molar-refractivity contribution in [1.29, 1.82) is 0 Å². The van der Waals surface area contributed by atoms with Crippen molar-refractivity contribution in [3.05, 3.63) is 35.5 Å². The van der Waals surface area contributed by atoms with Gasteiger partial charge in [0.15, 0.2) is 0 Å². The molecule has 2 N–H and O–H groups in total. The largest absolute Gasteiger partial charge is 0.339 e. The molecule has 1 aliphatic rings. The van der Waals surface area contributed by atoms with Crippen LogP contribution in [0, 0.1) is 18.2 Å². The molecule has 0 saturated heterocycles. The van der Waals surface area contributed by atoms with Crippen LogP contribution in [0.1, 0.15) is 30.7 Å². The average Bonchev–Trinajstić information content (AvgIpc) is 2.85. The quantitative estimate of drug-likeness (QED) is 0.931. The fourth-order valence-corrected chi connectivity index (χ4v) is 2.68. The van der Waals surface area contributed by atoms with Crippen LogP contribution in [0.5, 0.6) is 0 Å². The summed E-state index contributed by atoms with van der Waals surface area (Å²) in [7, 11) is 0. The smallest absolute Gasteiger partial charge is 0.227 e. The van der Waals surface area contributed by atoms with Gasteiger partial charge in [0, 0.05) is 12.0 Å². The standard InChI is InChI=1S/C15H18FN3O/c1-10-7-11(3-4-12(10)16)14-18-13(20-19-14)8-15(9-17)5-2-6-15/h3-4,7H,2,5-6,8-9,17H2,1H3. The molecule has 1 fully saturated rings. The number of nitrogens with zero attached hydrogens (tertiary/aromatic N) is 2. The lowest BCUT2D eigenvalue weighted by molar-refractivity contribution is 0.129. The topological polar surface area (TPSA) is 64.9 Å². The number of halogens is 1. The van der Waals surface area contributed by atoms with Crippen LogP contribution in [0.3, 0.4) is 0 Å². The summed E-state index contributed by atoms with van der Waals surface area (Å²) >= 11 is 0. The van der Waals surface area contributed by atoms with Gasteiger partial charge in [-0.3, -0.25) is 0 Å². The van der Waals surface area contributed by atoms with Crippen molar-refractivity contribution in [2.75, 3.05) is 6.54 Å². The SMILES string of the molecule is Cc1cc(-c2noc(CC3(CN)CCC3)n2)ccc1F. The highest BCUT2D eigenvalue weighted by Crippen LogP contribution is 2.42. The highest BCUT2D eigenvalue weighted by Gasteiger charge is 2.37. The van der Waals surface area contributed by atoms with Gasteiger partial charge in [0.25, 0.3) is 0 Å². The second kappa shape index (κ2) is 4.98. The third-order valence-electron chi connectivity index (χ3n) is 4.26. The molecule has 106 valence electrons. The highest BCUT2D eigenvalue weighted by atomic mass is 19.1. The van der Waals surface area contributed by atoms with Gasteiger partial charge in [-0.25, -0.2) is 4.39 Å². The Labute approximate surface area is 117 Å². The summed E-state index contributed by atoms with van der Waals surface area (Å²) < 4.78 is 18.6. The molecule has 5 heteroatoms. The summed E-state index contributed by atoms with van der Waals surface area (Å²) in [4.78, 5) is 4.41. The summed E-state index contributed by atoms with van der Waals surface area (Å²) in [6.45, 7) is 2.37. The van der Waals surface area contributed by atoms with Gasteiger partial charge < -0.3 is 10.3 Å². The molecule has 1 aromatic carbocycles. The summed E-state index contributed by atoms with van der Waals surface area (Å²) in [5.74, 6) is 0.899. The number of rotatable bonds is 4. The van der Waals surface area contributed by atoms with E-state index in [1.807, 2.05) is 0 Å². The van der Waals surface area contributed by atoms with E-state index in [2.05, 4.69) is 10.1 Å². The van der Waals surface area contributed by atoms with Gasteiger partial charge in [0.05, 0.1) is 0 Å². The van der Waals surface area contributed by atoms with Crippen molar-refractivity contribution in [2.24, 2.45) is 11.1 Å². The molecule has 3 rings (SSSR count). The molecule has 2 aromatic rings. The van der Waals surface area contributed by atoms with Crippen LogP contribution in [0.25, 0.3) is 11.4 Å².